The zero-order chi connectivity index (χ0) is 16.0. The molecular formula is C17H31N3O. The molecule has 1 unspecified atom stereocenters. The van der Waals surface area contributed by atoms with Gasteiger partial charge in [-0.25, -0.2) is 4.98 Å². The van der Waals surface area contributed by atoms with Crippen LogP contribution in [0.1, 0.15) is 44.5 Å². The van der Waals surface area contributed by atoms with Gasteiger partial charge in [0.25, 0.3) is 0 Å². The maximum Gasteiger partial charge on any atom is 0.133 e. The molecule has 1 rings (SSSR count). The van der Waals surface area contributed by atoms with Gasteiger partial charge in [0.1, 0.15) is 5.82 Å². The number of nitrogens with zero attached hydrogens (tertiary/aromatic N) is 2. The van der Waals surface area contributed by atoms with E-state index in [-0.39, 0.29) is 0 Å². The van der Waals surface area contributed by atoms with E-state index in [1.807, 2.05) is 0 Å². The Morgan fingerprint density at radius 1 is 1.29 bits per heavy atom. The molecule has 0 spiro atoms. The summed E-state index contributed by atoms with van der Waals surface area (Å²) in [6.07, 6.45) is 0. The minimum absolute atomic E-state index is 0.312. The predicted molar refractivity (Wildman–Crippen MR) is 90.0 cm³/mol. The molecule has 0 radical (unpaired) electrons. The maximum absolute atomic E-state index is 5.32. The summed E-state index contributed by atoms with van der Waals surface area (Å²) in [5.74, 6) is 1.09. The smallest absolute Gasteiger partial charge is 0.133 e. The van der Waals surface area contributed by atoms with Crippen molar-refractivity contribution in [2.45, 2.75) is 60.2 Å². The Kier molecular flexibility index (Phi) is 7.12. The lowest BCUT2D eigenvalue weighted by Crippen LogP contribution is -2.38. The number of nitrogens with one attached hydrogen (secondary N) is 1. The SMILES string of the molecule is CCN(c1nc(C)cc(C)c1CNC(C)C)C(C)COC. The number of likely N-dealkylation sites (N-methyl/N-ethyl adjacent to an activating group) is 1. The Bertz CT molecular complexity index is 446. The molecule has 4 heteroatoms. The Hall–Kier alpha value is -1.13. The third kappa shape index (κ3) is 4.97. The third-order valence-corrected chi connectivity index (χ3v) is 3.69. The van der Waals surface area contributed by atoms with Crippen LogP contribution in [0.3, 0.4) is 0 Å². The quantitative estimate of drug-likeness (QED) is 0.799. The molecule has 0 bridgehead atoms. The third-order valence-electron chi connectivity index (χ3n) is 3.69. The van der Waals surface area contributed by atoms with Crippen molar-refractivity contribution in [3.8, 4) is 0 Å². The second kappa shape index (κ2) is 8.35. The molecule has 0 amide bonds. The summed E-state index contributed by atoms with van der Waals surface area (Å²) in [6.45, 7) is 15.4. The summed E-state index contributed by atoms with van der Waals surface area (Å²) in [5.41, 5.74) is 3.66. The van der Waals surface area contributed by atoms with Crippen molar-refractivity contribution in [3.63, 3.8) is 0 Å². The number of rotatable bonds is 8. The summed E-state index contributed by atoms with van der Waals surface area (Å²) < 4.78 is 5.32. The van der Waals surface area contributed by atoms with Gasteiger partial charge in [-0.2, -0.15) is 0 Å². The number of ether oxygens (including phenoxy) is 1. The van der Waals surface area contributed by atoms with Gasteiger partial charge >= 0.3 is 0 Å². The van der Waals surface area contributed by atoms with E-state index in [4.69, 9.17) is 9.72 Å². The van der Waals surface area contributed by atoms with Gasteiger partial charge in [-0.15, -0.1) is 0 Å². The first-order valence-electron chi connectivity index (χ1n) is 7.86. The standard InChI is InChI=1S/C17H31N3O/c1-8-20(15(6)11-21-7)17-16(10-18-12(2)3)13(4)9-14(5)19-17/h9,12,15,18H,8,10-11H2,1-7H3. The number of anilines is 1. The minimum atomic E-state index is 0.312. The van der Waals surface area contributed by atoms with Crippen LogP contribution in [-0.4, -0.2) is 37.3 Å². The maximum atomic E-state index is 5.32. The lowest BCUT2D eigenvalue weighted by molar-refractivity contribution is 0.181. The molecule has 4 nitrogen and oxygen atoms in total. The van der Waals surface area contributed by atoms with E-state index in [9.17, 15) is 0 Å². The molecule has 120 valence electrons. The monoisotopic (exact) mass is 293 g/mol. The predicted octanol–water partition coefficient (Wildman–Crippen LogP) is 3.06. The van der Waals surface area contributed by atoms with E-state index in [0.29, 0.717) is 18.7 Å². The highest BCUT2D eigenvalue weighted by molar-refractivity contribution is 5.52. The first-order chi connectivity index (χ1) is 9.90. The van der Waals surface area contributed by atoms with E-state index < -0.39 is 0 Å². The second-order valence-electron chi connectivity index (χ2n) is 6.01. The minimum Gasteiger partial charge on any atom is -0.383 e. The lowest BCUT2D eigenvalue weighted by Gasteiger charge is -2.31. The zero-order valence-corrected chi connectivity index (χ0v) is 14.7. The summed E-state index contributed by atoms with van der Waals surface area (Å²) in [4.78, 5) is 7.15. The lowest BCUT2D eigenvalue weighted by atomic mass is 10.1. The molecule has 21 heavy (non-hydrogen) atoms. The van der Waals surface area contributed by atoms with Crippen LogP contribution < -0.4 is 10.2 Å². The fourth-order valence-corrected chi connectivity index (χ4v) is 2.61. The highest BCUT2D eigenvalue weighted by atomic mass is 16.5. The van der Waals surface area contributed by atoms with Gasteiger partial charge in [0.2, 0.25) is 0 Å². The molecule has 0 saturated carbocycles. The van der Waals surface area contributed by atoms with Crippen LogP contribution in [0.2, 0.25) is 0 Å². The van der Waals surface area contributed by atoms with Crippen molar-refractivity contribution in [1.29, 1.82) is 0 Å². The van der Waals surface area contributed by atoms with Crippen LogP contribution in [0.4, 0.5) is 5.82 Å². The van der Waals surface area contributed by atoms with Crippen molar-refractivity contribution in [1.82, 2.24) is 10.3 Å². The molecule has 0 aliphatic carbocycles. The van der Waals surface area contributed by atoms with E-state index in [1.165, 1.54) is 11.1 Å². The number of pyridine rings is 1. The Labute approximate surface area is 129 Å². The highest BCUT2D eigenvalue weighted by Gasteiger charge is 2.19. The summed E-state index contributed by atoms with van der Waals surface area (Å²) in [7, 11) is 1.75. The van der Waals surface area contributed by atoms with Gasteiger partial charge in [-0.05, 0) is 39.3 Å². The van der Waals surface area contributed by atoms with E-state index in [0.717, 1.165) is 24.6 Å². The average molecular weight is 293 g/mol. The van der Waals surface area contributed by atoms with Gasteiger partial charge in [0, 0.05) is 37.5 Å². The zero-order valence-electron chi connectivity index (χ0n) is 14.7. The van der Waals surface area contributed by atoms with Gasteiger partial charge in [0.05, 0.1) is 12.6 Å². The van der Waals surface area contributed by atoms with Crippen LogP contribution in [0, 0.1) is 13.8 Å². The van der Waals surface area contributed by atoms with Crippen LogP contribution in [0.25, 0.3) is 0 Å². The number of aryl methyl sites for hydroxylation is 2. The Morgan fingerprint density at radius 3 is 2.48 bits per heavy atom. The van der Waals surface area contributed by atoms with Gasteiger partial charge < -0.3 is 15.0 Å². The fourth-order valence-electron chi connectivity index (χ4n) is 2.61. The van der Waals surface area contributed by atoms with Crippen molar-refractivity contribution >= 4 is 5.82 Å². The van der Waals surface area contributed by atoms with Crippen molar-refractivity contribution in [3.05, 3.63) is 22.9 Å². The number of hydrogen-bond donors (Lipinski definition) is 1. The topological polar surface area (TPSA) is 37.4 Å². The van der Waals surface area contributed by atoms with Gasteiger partial charge in [0.15, 0.2) is 0 Å². The van der Waals surface area contributed by atoms with Crippen LogP contribution in [0.5, 0.6) is 0 Å². The second-order valence-corrected chi connectivity index (χ2v) is 6.01. The number of methoxy groups -OCH3 is 1. The molecule has 1 N–H and O–H groups in total. The van der Waals surface area contributed by atoms with E-state index in [2.05, 4.69) is 57.8 Å². The normalized spacial score (nSPS) is 12.8. The van der Waals surface area contributed by atoms with E-state index in [1.54, 1.807) is 7.11 Å². The molecule has 1 aromatic heterocycles. The molecule has 0 aliphatic rings. The highest BCUT2D eigenvalue weighted by Crippen LogP contribution is 2.24. The van der Waals surface area contributed by atoms with Crippen molar-refractivity contribution in [2.75, 3.05) is 25.2 Å². The molecule has 0 fully saturated rings. The molecular weight excluding hydrogens is 262 g/mol. The Morgan fingerprint density at radius 2 is 1.95 bits per heavy atom. The molecule has 1 atom stereocenters. The summed E-state index contributed by atoms with van der Waals surface area (Å²) in [6, 6.07) is 2.94. The van der Waals surface area contributed by atoms with Gasteiger partial charge in [-0.1, -0.05) is 13.8 Å². The van der Waals surface area contributed by atoms with Crippen molar-refractivity contribution in [2.24, 2.45) is 0 Å². The molecule has 1 aromatic rings. The molecule has 1 heterocycles. The average Bonchev–Trinajstić information content (AvgIpc) is 2.38. The van der Waals surface area contributed by atoms with Crippen molar-refractivity contribution < 1.29 is 4.74 Å². The largest absolute Gasteiger partial charge is 0.383 e. The van der Waals surface area contributed by atoms with Gasteiger partial charge in [-0.3, -0.25) is 0 Å². The molecule has 0 aliphatic heterocycles. The molecule has 0 aromatic carbocycles. The fraction of sp³-hybridized carbons (Fsp3) is 0.706. The number of hydrogen-bond acceptors (Lipinski definition) is 4. The van der Waals surface area contributed by atoms with E-state index >= 15 is 0 Å². The molecule has 0 saturated heterocycles. The van der Waals surface area contributed by atoms with Crippen LogP contribution in [-0.2, 0) is 11.3 Å². The first-order valence-corrected chi connectivity index (χ1v) is 7.86. The van der Waals surface area contributed by atoms with Crippen LogP contribution >= 0.6 is 0 Å². The summed E-state index contributed by atoms with van der Waals surface area (Å²) in [5, 5.41) is 3.51. The van der Waals surface area contributed by atoms with Crippen LogP contribution in [0.15, 0.2) is 6.07 Å². The first kappa shape index (κ1) is 17.9. The Balaban J connectivity index is 3.17. The number of aromatic nitrogens is 1. The summed E-state index contributed by atoms with van der Waals surface area (Å²) >= 11 is 0.